The number of nitrogens with zero attached hydrogens (tertiary/aromatic N) is 2. The van der Waals surface area contributed by atoms with E-state index in [9.17, 15) is 28.8 Å². The van der Waals surface area contributed by atoms with Gasteiger partial charge in [-0.15, -0.1) is 0 Å². The first-order valence-corrected chi connectivity index (χ1v) is 14.6. The Bertz CT molecular complexity index is 922. The summed E-state index contributed by atoms with van der Waals surface area (Å²) in [5, 5.41) is 11.1. The summed E-state index contributed by atoms with van der Waals surface area (Å²) in [7, 11) is 0. The van der Waals surface area contributed by atoms with Gasteiger partial charge in [0.1, 0.15) is 36.3 Å². The van der Waals surface area contributed by atoms with E-state index in [-0.39, 0.29) is 11.8 Å². The van der Waals surface area contributed by atoms with Gasteiger partial charge in [0.05, 0.1) is 0 Å². The van der Waals surface area contributed by atoms with Crippen molar-refractivity contribution < 1.29 is 28.8 Å². The van der Waals surface area contributed by atoms with Crippen LogP contribution in [0.15, 0.2) is 0 Å². The van der Waals surface area contributed by atoms with Crippen molar-refractivity contribution in [3.8, 4) is 0 Å². The molecule has 3 heterocycles. The highest BCUT2D eigenvalue weighted by Gasteiger charge is 2.41. The fourth-order valence-corrected chi connectivity index (χ4v) is 5.80. The van der Waals surface area contributed by atoms with Crippen LogP contribution in [0, 0.1) is 11.8 Å². The number of hydrogen-bond acceptors (Lipinski definition) is 6. The smallest absolute Gasteiger partial charge is 0.245 e. The van der Waals surface area contributed by atoms with Crippen LogP contribution in [0.2, 0.25) is 0 Å². The SMILES string of the molecule is CC(C)C[C@@H]1NC(=O)[C@@H]2CCCN2C(=O)[C@@H](C)NC(=O)[C@H](CC(C)C)NC(=O)[C@@H]2CCCN2C(=O)[C@@H](C)NC1=O. The Morgan fingerprint density at radius 2 is 0.950 bits per heavy atom. The lowest BCUT2D eigenvalue weighted by Gasteiger charge is -2.32. The average molecular weight is 563 g/mol. The summed E-state index contributed by atoms with van der Waals surface area (Å²) in [6.07, 6.45) is 2.78. The molecule has 0 spiro atoms. The fourth-order valence-electron chi connectivity index (χ4n) is 5.80. The van der Waals surface area contributed by atoms with Crippen LogP contribution < -0.4 is 21.3 Å². The van der Waals surface area contributed by atoms with Gasteiger partial charge in [-0.05, 0) is 64.2 Å². The molecule has 12 heteroatoms. The van der Waals surface area contributed by atoms with E-state index in [0.29, 0.717) is 51.6 Å². The van der Waals surface area contributed by atoms with Gasteiger partial charge in [-0.2, -0.15) is 0 Å². The third-order valence-electron chi connectivity index (χ3n) is 7.82. The van der Waals surface area contributed by atoms with Crippen LogP contribution in [0.4, 0.5) is 0 Å². The van der Waals surface area contributed by atoms with Gasteiger partial charge in [-0.3, -0.25) is 28.8 Å². The highest BCUT2D eigenvalue weighted by Crippen LogP contribution is 2.21. The minimum Gasteiger partial charge on any atom is -0.343 e. The van der Waals surface area contributed by atoms with E-state index in [2.05, 4.69) is 21.3 Å². The lowest BCUT2D eigenvalue weighted by Crippen LogP contribution is -2.60. The number of carbonyl (C=O) groups excluding carboxylic acids is 6. The maximum absolute atomic E-state index is 13.4. The Morgan fingerprint density at radius 1 is 0.600 bits per heavy atom. The number of nitrogens with one attached hydrogen (secondary N) is 4. The maximum atomic E-state index is 13.4. The molecule has 3 saturated heterocycles. The normalized spacial score (nSPS) is 31.3. The zero-order valence-electron chi connectivity index (χ0n) is 24.6. The van der Waals surface area contributed by atoms with Crippen molar-refractivity contribution >= 4 is 35.4 Å². The molecule has 3 aliphatic heterocycles. The molecule has 6 atom stereocenters. The average Bonchev–Trinajstić information content (AvgIpc) is 3.56. The molecule has 224 valence electrons. The Labute approximate surface area is 236 Å². The van der Waals surface area contributed by atoms with E-state index < -0.39 is 71.7 Å². The quantitative estimate of drug-likeness (QED) is 0.379. The molecule has 12 nitrogen and oxygen atoms in total. The van der Waals surface area contributed by atoms with Crippen molar-refractivity contribution in [3.63, 3.8) is 0 Å². The monoisotopic (exact) mass is 562 g/mol. The minimum atomic E-state index is -0.925. The maximum Gasteiger partial charge on any atom is 0.245 e. The molecule has 3 rings (SSSR count). The van der Waals surface area contributed by atoms with Crippen molar-refractivity contribution in [2.24, 2.45) is 11.8 Å². The van der Waals surface area contributed by atoms with Crippen LogP contribution >= 0.6 is 0 Å². The second-order valence-corrected chi connectivity index (χ2v) is 12.2. The van der Waals surface area contributed by atoms with Gasteiger partial charge in [0, 0.05) is 13.1 Å². The van der Waals surface area contributed by atoms with Gasteiger partial charge in [0.25, 0.3) is 0 Å². The molecule has 40 heavy (non-hydrogen) atoms. The number of hydrogen-bond donors (Lipinski definition) is 4. The first-order valence-electron chi connectivity index (χ1n) is 14.6. The first kappa shape index (κ1) is 31.3. The summed E-state index contributed by atoms with van der Waals surface area (Å²) in [5.74, 6) is -2.50. The molecule has 0 aromatic carbocycles. The zero-order chi connectivity index (χ0) is 29.7. The van der Waals surface area contributed by atoms with Crippen LogP contribution in [-0.2, 0) is 28.8 Å². The highest BCUT2D eigenvalue weighted by atomic mass is 16.2. The van der Waals surface area contributed by atoms with Crippen LogP contribution in [0.25, 0.3) is 0 Å². The lowest BCUT2D eigenvalue weighted by atomic mass is 10.0. The van der Waals surface area contributed by atoms with E-state index in [0.717, 1.165) is 0 Å². The molecular formula is C28H46N6O6. The van der Waals surface area contributed by atoms with Crippen molar-refractivity contribution in [2.75, 3.05) is 13.1 Å². The van der Waals surface area contributed by atoms with Gasteiger partial charge in [-0.1, -0.05) is 27.7 Å². The largest absolute Gasteiger partial charge is 0.343 e. The topological polar surface area (TPSA) is 157 Å². The third kappa shape index (κ3) is 7.51. The van der Waals surface area contributed by atoms with E-state index in [1.807, 2.05) is 27.7 Å². The first-order chi connectivity index (χ1) is 18.8. The van der Waals surface area contributed by atoms with E-state index in [4.69, 9.17) is 0 Å². The molecule has 0 saturated carbocycles. The molecule has 3 aliphatic rings. The van der Waals surface area contributed by atoms with Gasteiger partial charge >= 0.3 is 0 Å². The Kier molecular flexibility index (Phi) is 10.5. The molecular weight excluding hydrogens is 516 g/mol. The Hall–Kier alpha value is -3.18. The lowest BCUT2D eigenvalue weighted by molar-refractivity contribution is -0.144. The summed E-state index contributed by atoms with van der Waals surface area (Å²) in [4.78, 5) is 82.9. The summed E-state index contributed by atoms with van der Waals surface area (Å²) in [6, 6.07) is -5.19. The number of amides is 6. The molecule has 3 fully saturated rings. The summed E-state index contributed by atoms with van der Waals surface area (Å²) in [6.45, 7) is 11.5. The Balaban J connectivity index is 1.95. The molecule has 0 unspecified atom stereocenters. The summed E-state index contributed by atoms with van der Waals surface area (Å²) in [5.41, 5.74) is 0. The molecule has 0 aromatic rings. The predicted octanol–water partition coefficient (Wildman–Crippen LogP) is 0.0532. The standard InChI is InChI=1S/C28H46N6O6/c1-15(2)13-19-23(35)29-17(5)27(39)34-12-8-10-22(34)26(38)32-20(14-16(3)4)24(36)30-18(6)28(40)33-11-7-9-21(33)25(37)31-19/h15-22H,7-14H2,1-6H3,(H,29,35)(H,30,36)(H,31,37)(H,32,38)/t17-,18-,19+,20+,21+,22+/m1/s1. The summed E-state index contributed by atoms with van der Waals surface area (Å²) >= 11 is 0. The minimum absolute atomic E-state index is 0.0712. The van der Waals surface area contributed by atoms with Gasteiger partial charge in [-0.25, -0.2) is 0 Å². The molecule has 0 aromatic heterocycles. The van der Waals surface area contributed by atoms with Gasteiger partial charge < -0.3 is 31.1 Å². The number of fused-ring (bicyclic) bond motifs is 2. The van der Waals surface area contributed by atoms with Crippen LogP contribution in [0.5, 0.6) is 0 Å². The highest BCUT2D eigenvalue weighted by molar-refractivity contribution is 5.98. The van der Waals surface area contributed by atoms with Gasteiger partial charge in [0.2, 0.25) is 35.4 Å². The molecule has 0 bridgehead atoms. The molecule has 6 amide bonds. The van der Waals surface area contributed by atoms with E-state index >= 15 is 0 Å². The fraction of sp³-hybridized carbons (Fsp3) is 0.786. The van der Waals surface area contributed by atoms with Crippen molar-refractivity contribution in [2.45, 2.75) is 116 Å². The van der Waals surface area contributed by atoms with Crippen LogP contribution in [0.3, 0.4) is 0 Å². The van der Waals surface area contributed by atoms with Gasteiger partial charge in [0.15, 0.2) is 0 Å². The van der Waals surface area contributed by atoms with Crippen LogP contribution in [-0.4, -0.2) is 94.6 Å². The third-order valence-corrected chi connectivity index (χ3v) is 7.82. The Morgan fingerprint density at radius 3 is 1.27 bits per heavy atom. The second kappa shape index (κ2) is 13.5. The second-order valence-electron chi connectivity index (χ2n) is 12.2. The van der Waals surface area contributed by atoms with Crippen molar-refractivity contribution in [1.29, 1.82) is 0 Å². The van der Waals surface area contributed by atoms with Crippen LogP contribution in [0.1, 0.15) is 80.1 Å². The number of rotatable bonds is 4. The molecule has 4 N–H and O–H groups in total. The zero-order valence-corrected chi connectivity index (χ0v) is 24.6. The molecule has 0 aliphatic carbocycles. The van der Waals surface area contributed by atoms with E-state index in [1.54, 1.807) is 13.8 Å². The number of carbonyl (C=O) groups is 6. The van der Waals surface area contributed by atoms with Crippen molar-refractivity contribution in [3.05, 3.63) is 0 Å². The predicted molar refractivity (Wildman–Crippen MR) is 147 cm³/mol. The van der Waals surface area contributed by atoms with E-state index in [1.165, 1.54) is 9.80 Å². The van der Waals surface area contributed by atoms with Crippen molar-refractivity contribution in [1.82, 2.24) is 31.1 Å². The summed E-state index contributed by atoms with van der Waals surface area (Å²) < 4.78 is 0. The molecule has 0 radical (unpaired) electrons.